The quantitative estimate of drug-likeness (QED) is 0.697. The number of carboxylic acids is 1. The van der Waals surface area contributed by atoms with Crippen LogP contribution in [0.2, 0.25) is 0 Å². The average Bonchev–Trinajstić information content (AvgIpc) is 2.36. The summed E-state index contributed by atoms with van der Waals surface area (Å²) in [6.07, 6.45) is 3.76. The molecule has 1 aliphatic carbocycles. The van der Waals surface area contributed by atoms with E-state index < -0.39 is 17.5 Å². The zero-order valence-electron chi connectivity index (χ0n) is 12.0. The molecular weight excluding hydrogens is 246 g/mol. The lowest BCUT2D eigenvalue weighted by molar-refractivity contribution is -0.145. The lowest BCUT2D eigenvalue weighted by Crippen LogP contribution is -2.58. The molecule has 0 aromatic heterocycles. The van der Waals surface area contributed by atoms with Crippen molar-refractivity contribution < 1.29 is 14.7 Å². The maximum absolute atomic E-state index is 11.8. The number of urea groups is 1. The average molecular weight is 271 g/mol. The molecule has 110 valence electrons. The van der Waals surface area contributed by atoms with Crippen molar-refractivity contribution >= 4 is 12.0 Å². The van der Waals surface area contributed by atoms with E-state index in [1.807, 2.05) is 25.9 Å². The summed E-state index contributed by atoms with van der Waals surface area (Å²) in [4.78, 5) is 25.2. The SMILES string of the molecule is CC(CNC(=O)NC1(C(=O)O)CCCCC1)N(C)C. The maximum Gasteiger partial charge on any atom is 0.329 e. The molecular formula is C13H25N3O3. The van der Waals surface area contributed by atoms with Gasteiger partial charge in [-0.25, -0.2) is 9.59 Å². The van der Waals surface area contributed by atoms with Crippen molar-refractivity contribution in [1.82, 2.24) is 15.5 Å². The van der Waals surface area contributed by atoms with Crippen LogP contribution in [0.4, 0.5) is 4.79 Å². The molecule has 2 amide bonds. The van der Waals surface area contributed by atoms with Crippen LogP contribution >= 0.6 is 0 Å². The predicted octanol–water partition coefficient (Wildman–Crippen LogP) is 1.02. The lowest BCUT2D eigenvalue weighted by atomic mass is 9.82. The third-order valence-corrected chi connectivity index (χ3v) is 3.91. The Hall–Kier alpha value is -1.30. The highest BCUT2D eigenvalue weighted by Gasteiger charge is 2.40. The number of hydrogen-bond donors (Lipinski definition) is 3. The Kier molecular flexibility index (Phi) is 5.60. The highest BCUT2D eigenvalue weighted by Crippen LogP contribution is 2.28. The smallest absolute Gasteiger partial charge is 0.329 e. The minimum absolute atomic E-state index is 0.206. The molecule has 0 bridgehead atoms. The summed E-state index contributed by atoms with van der Waals surface area (Å²) in [6, 6.07) is -0.184. The van der Waals surface area contributed by atoms with E-state index in [9.17, 15) is 14.7 Å². The van der Waals surface area contributed by atoms with Gasteiger partial charge >= 0.3 is 12.0 Å². The first-order chi connectivity index (χ1) is 8.87. The van der Waals surface area contributed by atoms with Gasteiger partial charge in [-0.15, -0.1) is 0 Å². The number of aliphatic carboxylic acids is 1. The summed E-state index contributed by atoms with van der Waals surface area (Å²) in [5, 5.41) is 14.7. The molecule has 6 heteroatoms. The van der Waals surface area contributed by atoms with Crippen LogP contribution in [0.25, 0.3) is 0 Å². The molecule has 19 heavy (non-hydrogen) atoms. The number of carbonyl (C=O) groups excluding carboxylic acids is 1. The number of hydrogen-bond acceptors (Lipinski definition) is 3. The van der Waals surface area contributed by atoms with Gasteiger partial charge in [0.1, 0.15) is 5.54 Å². The van der Waals surface area contributed by atoms with Crippen LogP contribution in [0.15, 0.2) is 0 Å². The van der Waals surface area contributed by atoms with Crippen LogP contribution in [0.5, 0.6) is 0 Å². The number of nitrogens with zero attached hydrogens (tertiary/aromatic N) is 1. The molecule has 0 aromatic carbocycles. The minimum Gasteiger partial charge on any atom is -0.480 e. The van der Waals surface area contributed by atoms with E-state index in [0.29, 0.717) is 19.4 Å². The monoisotopic (exact) mass is 271 g/mol. The molecule has 0 radical (unpaired) electrons. The normalized spacial score (nSPS) is 19.8. The zero-order chi connectivity index (χ0) is 14.5. The van der Waals surface area contributed by atoms with Crippen LogP contribution in [0.1, 0.15) is 39.0 Å². The number of amides is 2. The van der Waals surface area contributed by atoms with E-state index in [-0.39, 0.29) is 6.04 Å². The van der Waals surface area contributed by atoms with Crippen molar-refractivity contribution in [1.29, 1.82) is 0 Å². The standard InChI is InChI=1S/C13H25N3O3/c1-10(16(2)3)9-14-12(19)15-13(11(17)18)7-5-4-6-8-13/h10H,4-9H2,1-3H3,(H,17,18)(H2,14,15,19). The first-order valence-electron chi connectivity index (χ1n) is 6.83. The number of likely N-dealkylation sites (N-methyl/N-ethyl adjacent to an activating group) is 1. The fourth-order valence-corrected chi connectivity index (χ4v) is 2.23. The van der Waals surface area contributed by atoms with Crippen LogP contribution in [0.3, 0.4) is 0 Å². The van der Waals surface area contributed by atoms with Crippen molar-refractivity contribution in [3.05, 3.63) is 0 Å². The number of nitrogens with one attached hydrogen (secondary N) is 2. The van der Waals surface area contributed by atoms with E-state index in [1.165, 1.54) is 0 Å². The summed E-state index contributed by atoms with van der Waals surface area (Å²) in [5.74, 6) is -0.928. The van der Waals surface area contributed by atoms with Gasteiger partial charge in [0.2, 0.25) is 0 Å². The number of carbonyl (C=O) groups is 2. The second-order valence-corrected chi connectivity index (χ2v) is 5.60. The van der Waals surface area contributed by atoms with Gasteiger partial charge in [0.05, 0.1) is 0 Å². The van der Waals surface area contributed by atoms with E-state index in [4.69, 9.17) is 0 Å². The Morgan fingerprint density at radius 3 is 2.32 bits per heavy atom. The van der Waals surface area contributed by atoms with Crippen LogP contribution in [-0.2, 0) is 4.79 Å². The summed E-state index contributed by atoms with van der Waals surface area (Å²) in [6.45, 7) is 2.49. The summed E-state index contributed by atoms with van der Waals surface area (Å²) in [7, 11) is 3.87. The molecule has 1 atom stereocenters. The molecule has 6 nitrogen and oxygen atoms in total. The summed E-state index contributed by atoms with van der Waals surface area (Å²) in [5.41, 5.74) is -1.08. The fraction of sp³-hybridized carbons (Fsp3) is 0.846. The van der Waals surface area contributed by atoms with Gasteiger partial charge in [0, 0.05) is 12.6 Å². The molecule has 0 aromatic rings. The highest BCUT2D eigenvalue weighted by atomic mass is 16.4. The maximum atomic E-state index is 11.8. The first kappa shape index (κ1) is 15.8. The molecule has 0 spiro atoms. The molecule has 1 aliphatic rings. The second-order valence-electron chi connectivity index (χ2n) is 5.60. The number of carboxylic acid groups (broad SMARTS) is 1. The third kappa shape index (κ3) is 4.38. The molecule has 3 N–H and O–H groups in total. The Labute approximate surface area is 114 Å². The number of rotatable bonds is 5. The lowest BCUT2D eigenvalue weighted by Gasteiger charge is -2.34. The van der Waals surface area contributed by atoms with Crippen molar-refractivity contribution in [2.24, 2.45) is 0 Å². The van der Waals surface area contributed by atoms with Gasteiger partial charge < -0.3 is 20.6 Å². The summed E-state index contributed by atoms with van der Waals surface area (Å²) < 4.78 is 0. The van der Waals surface area contributed by atoms with Crippen molar-refractivity contribution in [3.8, 4) is 0 Å². The van der Waals surface area contributed by atoms with Crippen LogP contribution in [-0.4, -0.2) is 54.2 Å². The van der Waals surface area contributed by atoms with E-state index in [0.717, 1.165) is 19.3 Å². The fourth-order valence-electron chi connectivity index (χ4n) is 2.23. The Bertz CT molecular complexity index is 325. The molecule has 0 heterocycles. The predicted molar refractivity (Wildman–Crippen MR) is 73.1 cm³/mol. The third-order valence-electron chi connectivity index (χ3n) is 3.91. The van der Waals surface area contributed by atoms with Gasteiger partial charge in [-0.05, 0) is 33.9 Å². The van der Waals surface area contributed by atoms with E-state index in [1.54, 1.807) is 0 Å². The van der Waals surface area contributed by atoms with Gasteiger partial charge in [0.25, 0.3) is 0 Å². The summed E-state index contributed by atoms with van der Waals surface area (Å²) >= 11 is 0. The van der Waals surface area contributed by atoms with Crippen LogP contribution < -0.4 is 10.6 Å². The zero-order valence-corrected chi connectivity index (χ0v) is 12.0. The Morgan fingerprint density at radius 1 is 1.26 bits per heavy atom. The van der Waals surface area contributed by atoms with Crippen LogP contribution in [0, 0.1) is 0 Å². The Balaban J connectivity index is 2.50. The molecule has 1 unspecified atom stereocenters. The molecule has 1 saturated carbocycles. The minimum atomic E-state index is -1.08. The van der Waals surface area contributed by atoms with Gasteiger partial charge in [-0.2, -0.15) is 0 Å². The van der Waals surface area contributed by atoms with Crippen molar-refractivity contribution in [2.45, 2.75) is 50.6 Å². The molecule has 1 rings (SSSR count). The Morgan fingerprint density at radius 2 is 1.84 bits per heavy atom. The molecule has 0 aliphatic heterocycles. The van der Waals surface area contributed by atoms with E-state index >= 15 is 0 Å². The molecule has 0 saturated heterocycles. The highest BCUT2D eigenvalue weighted by molar-refractivity contribution is 5.86. The first-order valence-corrected chi connectivity index (χ1v) is 6.83. The van der Waals surface area contributed by atoms with Gasteiger partial charge in [-0.1, -0.05) is 19.3 Å². The second kappa shape index (κ2) is 6.75. The topological polar surface area (TPSA) is 81.7 Å². The van der Waals surface area contributed by atoms with Crippen molar-refractivity contribution in [2.75, 3.05) is 20.6 Å². The molecule has 1 fully saturated rings. The van der Waals surface area contributed by atoms with Gasteiger partial charge in [0.15, 0.2) is 0 Å². The largest absolute Gasteiger partial charge is 0.480 e. The van der Waals surface area contributed by atoms with Crippen molar-refractivity contribution in [3.63, 3.8) is 0 Å². The van der Waals surface area contributed by atoms with Gasteiger partial charge in [-0.3, -0.25) is 0 Å². The van der Waals surface area contributed by atoms with E-state index in [2.05, 4.69) is 10.6 Å².